The van der Waals surface area contributed by atoms with Gasteiger partial charge in [0.1, 0.15) is 0 Å². The molecule has 0 aliphatic heterocycles. The summed E-state index contributed by atoms with van der Waals surface area (Å²) in [4.78, 5) is 4.62. The van der Waals surface area contributed by atoms with Crippen molar-refractivity contribution >= 4 is 11.6 Å². The molecule has 24 heavy (non-hydrogen) atoms. The van der Waals surface area contributed by atoms with Crippen molar-refractivity contribution in [2.45, 2.75) is 20.4 Å². The molecule has 0 bridgehead atoms. The number of aromatic nitrogens is 1. The van der Waals surface area contributed by atoms with E-state index in [1.807, 2.05) is 49.9 Å². The molecule has 0 saturated heterocycles. The van der Waals surface area contributed by atoms with Crippen molar-refractivity contribution in [2.75, 3.05) is 25.6 Å². The Morgan fingerprint density at radius 3 is 2.67 bits per heavy atom. The quantitative estimate of drug-likeness (QED) is 0.605. The Morgan fingerprint density at radius 2 is 2.04 bits per heavy atom. The summed E-state index contributed by atoms with van der Waals surface area (Å²) in [7, 11) is 3.64. The second kappa shape index (κ2) is 8.86. The molecule has 0 radical (unpaired) electrons. The summed E-state index contributed by atoms with van der Waals surface area (Å²) in [6.07, 6.45) is 4.08. The topological polar surface area (TPSA) is 59.8 Å². The SMILES string of the molecule is CCNC(=NCc1ccn(C)c1)Nc1ccc(OC)c(OCC)c1. The lowest BCUT2D eigenvalue weighted by atomic mass is 10.2. The van der Waals surface area contributed by atoms with E-state index in [-0.39, 0.29) is 0 Å². The minimum absolute atomic E-state index is 0.585. The van der Waals surface area contributed by atoms with Crippen molar-refractivity contribution < 1.29 is 9.47 Å². The lowest BCUT2D eigenvalue weighted by Gasteiger charge is -2.14. The van der Waals surface area contributed by atoms with Crippen molar-refractivity contribution in [2.24, 2.45) is 12.0 Å². The van der Waals surface area contributed by atoms with E-state index in [1.54, 1.807) is 7.11 Å². The van der Waals surface area contributed by atoms with Gasteiger partial charge in [-0.15, -0.1) is 0 Å². The molecule has 0 spiro atoms. The number of methoxy groups -OCH3 is 1. The number of benzene rings is 1. The zero-order valence-corrected chi connectivity index (χ0v) is 14.8. The highest BCUT2D eigenvalue weighted by molar-refractivity contribution is 5.93. The minimum Gasteiger partial charge on any atom is -0.493 e. The van der Waals surface area contributed by atoms with Gasteiger partial charge in [-0.25, -0.2) is 4.99 Å². The largest absolute Gasteiger partial charge is 0.493 e. The number of rotatable bonds is 7. The summed E-state index contributed by atoms with van der Waals surface area (Å²) in [5.41, 5.74) is 2.06. The molecule has 2 aromatic rings. The zero-order valence-electron chi connectivity index (χ0n) is 14.8. The molecule has 0 amide bonds. The molecule has 130 valence electrons. The van der Waals surface area contributed by atoms with Gasteiger partial charge in [-0.2, -0.15) is 0 Å². The van der Waals surface area contributed by atoms with Crippen LogP contribution in [-0.4, -0.2) is 30.8 Å². The molecule has 1 aromatic heterocycles. The van der Waals surface area contributed by atoms with Crippen LogP contribution in [0.5, 0.6) is 11.5 Å². The van der Waals surface area contributed by atoms with E-state index >= 15 is 0 Å². The predicted octanol–water partition coefficient (Wildman–Crippen LogP) is 3.01. The standard InChI is InChI=1S/C18H26N4O2/c1-5-19-18(20-12-14-9-10-22(3)13-14)21-15-7-8-16(23-4)17(11-15)24-6-2/h7-11,13H,5-6,12H2,1-4H3,(H2,19,20,21). The third kappa shape index (κ3) is 4.94. The van der Waals surface area contributed by atoms with Gasteiger partial charge in [-0.1, -0.05) is 0 Å². The van der Waals surface area contributed by atoms with Gasteiger partial charge in [0.2, 0.25) is 0 Å². The highest BCUT2D eigenvalue weighted by Crippen LogP contribution is 2.30. The Bertz CT molecular complexity index is 679. The highest BCUT2D eigenvalue weighted by Gasteiger charge is 2.07. The molecule has 6 heteroatoms. The van der Waals surface area contributed by atoms with Crippen molar-refractivity contribution in [3.63, 3.8) is 0 Å². The van der Waals surface area contributed by atoms with Crippen molar-refractivity contribution in [1.82, 2.24) is 9.88 Å². The molecule has 2 rings (SSSR count). The van der Waals surface area contributed by atoms with E-state index in [9.17, 15) is 0 Å². The molecule has 2 N–H and O–H groups in total. The van der Waals surface area contributed by atoms with Crippen LogP contribution >= 0.6 is 0 Å². The maximum atomic E-state index is 5.61. The third-order valence-corrected chi connectivity index (χ3v) is 3.38. The Morgan fingerprint density at radius 1 is 1.21 bits per heavy atom. The molecular formula is C18H26N4O2. The average Bonchev–Trinajstić information content (AvgIpc) is 2.99. The van der Waals surface area contributed by atoms with Crippen molar-refractivity contribution in [1.29, 1.82) is 0 Å². The van der Waals surface area contributed by atoms with Gasteiger partial charge in [0.05, 0.1) is 20.3 Å². The molecule has 1 aromatic carbocycles. The molecule has 0 aliphatic rings. The summed E-state index contributed by atoms with van der Waals surface area (Å²) in [5.74, 6) is 2.16. The number of guanidine groups is 1. The van der Waals surface area contributed by atoms with Gasteiger partial charge in [0.25, 0.3) is 0 Å². The second-order valence-electron chi connectivity index (χ2n) is 5.30. The van der Waals surface area contributed by atoms with Crippen LogP contribution < -0.4 is 20.1 Å². The van der Waals surface area contributed by atoms with Gasteiger partial charge >= 0.3 is 0 Å². The summed E-state index contributed by atoms with van der Waals surface area (Å²) < 4.78 is 12.9. The summed E-state index contributed by atoms with van der Waals surface area (Å²) in [6.45, 7) is 5.98. The maximum Gasteiger partial charge on any atom is 0.196 e. The zero-order chi connectivity index (χ0) is 17.4. The van der Waals surface area contributed by atoms with Crippen LogP contribution in [0.4, 0.5) is 5.69 Å². The molecule has 6 nitrogen and oxygen atoms in total. The van der Waals surface area contributed by atoms with E-state index in [4.69, 9.17) is 9.47 Å². The fraction of sp³-hybridized carbons (Fsp3) is 0.389. The van der Waals surface area contributed by atoms with Crippen LogP contribution in [0.25, 0.3) is 0 Å². The molecule has 1 heterocycles. The summed E-state index contributed by atoms with van der Waals surface area (Å²) in [5, 5.41) is 6.55. The first-order valence-corrected chi connectivity index (χ1v) is 8.13. The number of hydrogen-bond donors (Lipinski definition) is 2. The lowest BCUT2D eigenvalue weighted by molar-refractivity contribution is 0.311. The first-order valence-electron chi connectivity index (χ1n) is 8.13. The number of anilines is 1. The van der Waals surface area contributed by atoms with Gasteiger partial charge in [0.15, 0.2) is 17.5 Å². The van der Waals surface area contributed by atoms with E-state index in [2.05, 4.69) is 27.9 Å². The Labute approximate surface area is 143 Å². The number of nitrogens with zero attached hydrogens (tertiary/aromatic N) is 2. The fourth-order valence-electron chi connectivity index (χ4n) is 2.29. The normalized spacial score (nSPS) is 11.2. The Hall–Kier alpha value is -2.63. The molecule has 0 atom stereocenters. The monoisotopic (exact) mass is 330 g/mol. The highest BCUT2D eigenvalue weighted by atomic mass is 16.5. The third-order valence-electron chi connectivity index (χ3n) is 3.38. The van der Waals surface area contributed by atoms with Crippen LogP contribution in [0.1, 0.15) is 19.4 Å². The molecular weight excluding hydrogens is 304 g/mol. The second-order valence-corrected chi connectivity index (χ2v) is 5.30. The smallest absolute Gasteiger partial charge is 0.196 e. The Kier molecular flexibility index (Phi) is 6.54. The Balaban J connectivity index is 2.12. The van der Waals surface area contributed by atoms with Crippen LogP contribution in [-0.2, 0) is 13.6 Å². The molecule has 0 aliphatic carbocycles. The van der Waals surface area contributed by atoms with E-state index in [1.165, 1.54) is 5.56 Å². The molecule has 0 saturated carbocycles. The fourth-order valence-corrected chi connectivity index (χ4v) is 2.29. The average molecular weight is 330 g/mol. The first kappa shape index (κ1) is 17.7. The summed E-state index contributed by atoms with van der Waals surface area (Å²) >= 11 is 0. The van der Waals surface area contributed by atoms with E-state index < -0.39 is 0 Å². The van der Waals surface area contributed by atoms with Gasteiger partial charge < -0.3 is 24.7 Å². The van der Waals surface area contributed by atoms with Gasteiger partial charge in [0, 0.05) is 37.7 Å². The van der Waals surface area contributed by atoms with E-state index in [0.717, 1.165) is 18.2 Å². The van der Waals surface area contributed by atoms with Crippen LogP contribution in [0.2, 0.25) is 0 Å². The predicted molar refractivity (Wildman–Crippen MR) is 98.0 cm³/mol. The van der Waals surface area contributed by atoms with E-state index in [0.29, 0.717) is 24.7 Å². The number of nitrogens with one attached hydrogen (secondary N) is 2. The molecule has 0 fully saturated rings. The summed E-state index contributed by atoms with van der Waals surface area (Å²) in [6, 6.07) is 7.80. The number of ether oxygens (including phenoxy) is 2. The number of aliphatic imine (C=N–C) groups is 1. The van der Waals surface area contributed by atoms with Crippen LogP contribution in [0, 0.1) is 0 Å². The molecule has 0 unspecified atom stereocenters. The van der Waals surface area contributed by atoms with Crippen LogP contribution in [0.3, 0.4) is 0 Å². The minimum atomic E-state index is 0.585. The lowest BCUT2D eigenvalue weighted by Crippen LogP contribution is -2.30. The van der Waals surface area contributed by atoms with Crippen molar-refractivity contribution in [3.05, 3.63) is 42.2 Å². The maximum absolute atomic E-state index is 5.61. The van der Waals surface area contributed by atoms with Gasteiger partial charge in [-0.05, 0) is 37.6 Å². The first-order chi connectivity index (χ1) is 11.7. The van der Waals surface area contributed by atoms with Crippen molar-refractivity contribution in [3.8, 4) is 11.5 Å². The number of aryl methyl sites for hydroxylation is 1. The van der Waals surface area contributed by atoms with Gasteiger partial charge in [-0.3, -0.25) is 0 Å². The van der Waals surface area contributed by atoms with Crippen LogP contribution in [0.15, 0.2) is 41.7 Å². The number of hydrogen-bond acceptors (Lipinski definition) is 3.